The van der Waals surface area contributed by atoms with Crippen molar-refractivity contribution in [1.29, 1.82) is 0 Å². The molecular formula is C26H53N2O2+. The number of quaternary nitrogens is 1. The minimum absolute atomic E-state index is 0.0346. The topological polar surface area (TPSA) is 29.5 Å². The first-order valence-electron chi connectivity index (χ1n) is 12.6. The van der Waals surface area contributed by atoms with E-state index in [1.54, 1.807) is 0 Å². The van der Waals surface area contributed by atoms with Crippen molar-refractivity contribution in [2.24, 2.45) is 0 Å². The average Bonchev–Trinajstić information content (AvgIpc) is 2.69. The lowest BCUT2D eigenvalue weighted by Crippen LogP contribution is -2.41. The molecule has 0 aliphatic carbocycles. The fraction of sp³-hybridized carbons (Fsp3) is 0.885. The Kier molecular flexibility index (Phi) is 19.5. The summed E-state index contributed by atoms with van der Waals surface area (Å²) in [6.45, 7) is 5.72. The third kappa shape index (κ3) is 23.4. The summed E-state index contributed by atoms with van der Waals surface area (Å²) in [5.74, 6) is -0.0346. The lowest BCUT2D eigenvalue weighted by molar-refractivity contribution is -0.869. The van der Waals surface area contributed by atoms with Crippen LogP contribution in [-0.4, -0.2) is 69.8 Å². The maximum Gasteiger partial charge on any atom is 0.305 e. The molecule has 4 heteroatoms. The predicted octanol–water partition coefficient (Wildman–Crippen LogP) is 6.21. The number of ether oxygens (including phenoxy) is 1. The Labute approximate surface area is 188 Å². The molecule has 0 saturated heterocycles. The van der Waals surface area contributed by atoms with Gasteiger partial charge in [-0.3, -0.25) is 9.69 Å². The lowest BCUT2D eigenvalue weighted by Gasteiger charge is -2.26. The number of likely N-dealkylation sites (N-methyl/N-ethyl adjacent to an activating group) is 2. The number of rotatable bonds is 21. The second-order valence-corrected chi connectivity index (χ2v) is 9.87. The number of esters is 1. The number of hydrogen-bond donors (Lipinski definition) is 0. The summed E-state index contributed by atoms with van der Waals surface area (Å²) in [5.41, 5.74) is 0. The lowest BCUT2D eigenvalue weighted by atomic mass is 10.1. The number of nitrogens with zero attached hydrogens (tertiary/aromatic N) is 2. The average molecular weight is 426 g/mol. The third-order valence-corrected chi connectivity index (χ3v) is 5.53. The summed E-state index contributed by atoms with van der Waals surface area (Å²) >= 11 is 0. The molecule has 178 valence electrons. The Morgan fingerprint density at radius 2 is 1.33 bits per heavy atom. The fourth-order valence-electron chi connectivity index (χ4n) is 3.31. The molecule has 0 unspecified atom stereocenters. The summed E-state index contributed by atoms with van der Waals surface area (Å²) in [7, 11) is 8.68. The Hall–Kier alpha value is -0.870. The first-order chi connectivity index (χ1) is 14.3. The maximum atomic E-state index is 11.8. The summed E-state index contributed by atoms with van der Waals surface area (Å²) in [6.07, 6.45) is 21.9. The molecule has 0 aromatic carbocycles. The van der Waals surface area contributed by atoms with Gasteiger partial charge in [0.15, 0.2) is 0 Å². The number of hydrogen-bond acceptors (Lipinski definition) is 3. The molecule has 0 aromatic rings. The van der Waals surface area contributed by atoms with E-state index in [4.69, 9.17) is 4.74 Å². The molecule has 0 amide bonds. The van der Waals surface area contributed by atoms with Gasteiger partial charge in [-0.1, -0.05) is 70.4 Å². The second kappa shape index (κ2) is 20.1. The molecule has 0 atom stereocenters. The van der Waals surface area contributed by atoms with Crippen LogP contribution in [0.3, 0.4) is 0 Å². The van der Waals surface area contributed by atoms with Gasteiger partial charge in [-0.25, -0.2) is 0 Å². The molecule has 0 saturated carbocycles. The first-order valence-corrected chi connectivity index (χ1v) is 12.6. The molecule has 4 nitrogen and oxygen atoms in total. The fourth-order valence-corrected chi connectivity index (χ4v) is 3.31. The zero-order chi connectivity index (χ0) is 22.5. The van der Waals surface area contributed by atoms with Crippen molar-refractivity contribution < 1.29 is 14.0 Å². The van der Waals surface area contributed by atoms with Crippen molar-refractivity contribution in [1.82, 2.24) is 4.90 Å². The van der Waals surface area contributed by atoms with E-state index in [9.17, 15) is 4.79 Å². The van der Waals surface area contributed by atoms with Crippen molar-refractivity contribution in [3.63, 3.8) is 0 Å². The largest absolute Gasteiger partial charge is 0.464 e. The Bertz CT molecular complexity index is 416. The molecule has 0 rings (SSSR count). The van der Waals surface area contributed by atoms with Crippen molar-refractivity contribution in [2.75, 3.05) is 54.4 Å². The molecule has 0 N–H and O–H groups in total. The van der Waals surface area contributed by atoms with E-state index in [-0.39, 0.29) is 5.97 Å². The predicted molar refractivity (Wildman–Crippen MR) is 131 cm³/mol. The van der Waals surface area contributed by atoms with Gasteiger partial charge in [0.2, 0.25) is 0 Å². The van der Waals surface area contributed by atoms with Crippen molar-refractivity contribution in [3.05, 3.63) is 12.2 Å². The molecule has 0 aliphatic heterocycles. The summed E-state index contributed by atoms with van der Waals surface area (Å²) < 4.78 is 6.33. The number of carbonyl (C=O) groups is 1. The van der Waals surface area contributed by atoms with Crippen LogP contribution in [0.25, 0.3) is 0 Å². The minimum Gasteiger partial charge on any atom is -0.464 e. The van der Waals surface area contributed by atoms with Gasteiger partial charge in [-0.15, -0.1) is 0 Å². The third-order valence-electron chi connectivity index (χ3n) is 5.53. The standard InChI is InChI=1S/C26H53N2O2/c1-6-7-8-9-10-11-12-13-14-15-16-17-18-19-20-21-26(29)30-25-23-27(2)22-24-28(3,4)5/h13-14H,6-12,15-25H2,1-5H3/q+1/b14-13-. The normalized spacial score (nSPS) is 12.2. The highest BCUT2D eigenvalue weighted by molar-refractivity contribution is 5.69. The van der Waals surface area contributed by atoms with Crippen LogP contribution >= 0.6 is 0 Å². The monoisotopic (exact) mass is 425 g/mol. The van der Waals surface area contributed by atoms with E-state index < -0.39 is 0 Å². The number of carbonyl (C=O) groups excluding carboxylic acids is 1. The van der Waals surface area contributed by atoms with Gasteiger partial charge >= 0.3 is 5.97 Å². The zero-order valence-electron chi connectivity index (χ0n) is 21.1. The first kappa shape index (κ1) is 29.1. The molecule has 0 heterocycles. The van der Waals surface area contributed by atoms with Gasteiger partial charge in [-0.05, 0) is 39.2 Å². The van der Waals surface area contributed by atoms with Crippen molar-refractivity contribution in [3.8, 4) is 0 Å². The number of allylic oxidation sites excluding steroid dienone is 2. The van der Waals surface area contributed by atoms with Gasteiger partial charge in [0.1, 0.15) is 6.61 Å². The maximum absolute atomic E-state index is 11.8. The summed E-state index contributed by atoms with van der Waals surface area (Å²) in [4.78, 5) is 14.1. The molecule has 0 aromatic heterocycles. The molecule has 0 bridgehead atoms. The smallest absolute Gasteiger partial charge is 0.305 e. The minimum atomic E-state index is -0.0346. The van der Waals surface area contributed by atoms with Gasteiger partial charge in [-0.2, -0.15) is 0 Å². The van der Waals surface area contributed by atoms with Crippen LogP contribution in [0.4, 0.5) is 0 Å². The Balaban J connectivity index is 3.36. The van der Waals surface area contributed by atoms with Crippen LogP contribution in [-0.2, 0) is 9.53 Å². The highest BCUT2D eigenvalue weighted by Gasteiger charge is 2.09. The van der Waals surface area contributed by atoms with E-state index in [1.165, 1.54) is 70.6 Å². The van der Waals surface area contributed by atoms with E-state index in [0.717, 1.165) is 37.0 Å². The van der Waals surface area contributed by atoms with Crippen LogP contribution in [0.1, 0.15) is 96.8 Å². The van der Waals surface area contributed by atoms with E-state index >= 15 is 0 Å². The van der Waals surface area contributed by atoms with Crippen LogP contribution in [0.5, 0.6) is 0 Å². The molecule has 0 radical (unpaired) electrons. The Morgan fingerprint density at radius 3 is 1.90 bits per heavy atom. The van der Waals surface area contributed by atoms with Gasteiger partial charge in [0.05, 0.1) is 27.7 Å². The van der Waals surface area contributed by atoms with E-state index in [2.05, 4.69) is 52.2 Å². The molecule has 0 fully saturated rings. The summed E-state index contributed by atoms with van der Waals surface area (Å²) in [6, 6.07) is 0. The van der Waals surface area contributed by atoms with E-state index in [1.807, 2.05) is 0 Å². The van der Waals surface area contributed by atoms with Crippen molar-refractivity contribution in [2.45, 2.75) is 96.8 Å². The van der Waals surface area contributed by atoms with Crippen LogP contribution in [0, 0.1) is 0 Å². The molecule has 0 aliphatic rings. The van der Waals surface area contributed by atoms with E-state index in [0.29, 0.717) is 13.0 Å². The zero-order valence-corrected chi connectivity index (χ0v) is 21.1. The van der Waals surface area contributed by atoms with Gasteiger partial charge in [0, 0.05) is 19.5 Å². The highest BCUT2D eigenvalue weighted by Crippen LogP contribution is 2.10. The molecule has 30 heavy (non-hydrogen) atoms. The van der Waals surface area contributed by atoms with Gasteiger partial charge in [0.25, 0.3) is 0 Å². The molecule has 0 spiro atoms. The Morgan fingerprint density at radius 1 is 0.800 bits per heavy atom. The van der Waals surface area contributed by atoms with Crippen LogP contribution in [0.15, 0.2) is 12.2 Å². The quantitative estimate of drug-likeness (QED) is 0.0948. The van der Waals surface area contributed by atoms with Gasteiger partial charge < -0.3 is 9.22 Å². The highest BCUT2D eigenvalue weighted by atomic mass is 16.5. The summed E-state index contributed by atoms with van der Waals surface area (Å²) in [5, 5.41) is 0. The molecular weight excluding hydrogens is 372 g/mol. The SMILES string of the molecule is CCCCCCCC/C=C\CCCCCCCC(=O)OCCN(C)CC[N+](C)(C)C. The van der Waals surface area contributed by atoms with Crippen LogP contribution < -0.4 is 0 Å². The second-order valence-electron chi connectivity index (χ2n) is 9.87. The number of unbranched alkanes of at least 4 members (excludes halogenated alkanes) is 11. The van der Waals surface area contributed by atoms with Crippen molar-refractivity contribution >= 4 is 5.97 Å². The van der Waals surface area contributed by atoms with Crippen LogP contribution in [0.2, 0.25) is 0 Å².